The molecule has 0 aromatic heterocycles. The number of nitrogens with one attached hydrogen (secondary N) is 1. The van der Waals surface area contributed by atoms with Gasteiger partial charge >= 0.3 is 0 Å². The van der Waals surface area contributed by atoms with Crippen LogP contribution in [0.1, 0.15) is 37.5 Å². The number of hydrogen-bond donors (Lipinski definition) is 1. The summed E-state index contributed by atoms with van der Waals surface area (Å²) in [7, 11) is -3.92. The molecule has 0 fully saturated rings. The lowest BCUT2D eigenvalue weighted by molar-refractivity contribution is -0.127. The molecule has 1 atom stereocenters. The summed E-state index contributed by atoms with van der Waals surface area (Å²) in [5, 5.41) is 2.82. The summed E-state index contributed by atoms with van der Waals surface area (Å²) < 4.78 is 40.4. The van der Waals surface area contributed by atoms with E-state index in [0.717, 1.165) is 16.9 Å². The van der Waals surface area contributed by atoms with Crippen LogP contribution in [0.5, 0.6) is 11.5 Å². The first-order valence-corrected chi connectivity index (χ1v) is 13.8. The summed E-state index contributed by atoms with van der Waals surface area (Å²) in [6.07, 6.45) is -1.01. The van der Waals surface area contributed by atoms with E-state index in [4.69, 9.17) is 9.47 Å². The zero-order valence-electron chi connectivity index (χ0n) is 21.9. The van der Waals surface area contributed by atoms with Crippen LogP contribution in [-0.2, 0) is 20.2 Å². The van der Waals surface area contributed by atoms with Gasteiger partial charge in [0.05, 0.1) is 23.7 Å². The van der Waals surface area contributed by atoms with Gasteiger partial charge in [-0.15, -0.1) is 0 Å². The van der Waals surface area contributed by atoms with Gasteiger partial charge in [-0.3, -0.25) is 9.10 Å². The van der Waals surface area contributed by atoms with Crippen molar-refractivity contribution in [1.82, 2.24) is 5.32 Å². The predicted molar refractivity (Wildman–Crippen MR) is 145 cm³/mol. The van der Waals surface area contributed by atoms with Crippen molar-refractivity contribution in [1.29, 1.82) is 0 Å². The van der Waals surface area contributed by atoms with Crippen LogP contribution in [-0.4, -0.2) is 40.1 Å². The summed E-state index contributed by atoms with van der Waals surface area (Å²) in [6, 6.07) is 19.5. The van der Waals surface area contributed by atoms with Crippen LogP contribution in [0.4, 0.5) is 5.69 Å². The Labute approximate surface area is 219 Å². The van der Waals surface area contributed by atoms with Crippen LogP contribution in [0.2, 0.25) is 0 Å². The van der Waals surface area contributed by atoms with Crippen LogP contribution < -0.4 is 19.1 Å². The molecule has 0 aliphatic carbocycles. The number of anilines is 1. The molecule has 0 radical (unpaired) electrons. The molecule has 1 N–H and O–H groups in total. The van der Waals surface area contributed by atoms with Crippen molar-refractivity contribution in [3.05, 3.63) is 83.4 Å². The molecule has 196 valence electrons. The number of carbonyl (C=O) groups is 1. The Bertz CT molecular complexity index is 1380. The molecule has 1 heterocycles. The molecule has 37 heavy (non-hydrogen) atoms. The Morgan fingerprint density at radius 1 is 1.03 bits per heavy atom. The van der Waals surface area contributed by atoms with E-state index < -0.39 is 22.0 Å². The zero-order valence-corrected chi connectivity index (χ0v) is 22.8. The number of aryl methyl sites for hydroxylation is 2. The summed E-state index contributed by atoms with van der Waals surface area (Å²) in [4.78, 5) is 13.2. The largest absolute Gasteiger partial charge is 0.492 e. The lowest BCUT2D eigenvalue weighted by atomic mass is 9.86. The number of hydrogen-bond acceptors (Lipinski definition) is 5. The second-order valence-electron chi connectivity index (χ2n) is 10.3. The average Bonchev–Trinajstić information content (AvgIpc) is 2.87. The number of carbonyl (C=O) groups excluding carboxylic acids is 1. The fraction of sp³-hybridized carbons (Fsp3) is 0.345. The molecule has 0 saturated carbocycles. The first-order valence-electron chi connectivity index (χ1n) is 12.3. The van der Waals surface area contributed by atoms with Gasteiger partial charge in [-0.1, -0.05) is 51.1 Å². The molecule has 1 aliphatic rings. The number of fused-ring (bicyclic) bond motifs is 1. The topological polar surface area (TPSA) is 84.9 Å². The molecule has 8 heteroatoms. The third kappa shape index (κ3) is 5.91. The molecule has 7 nitrogen and oxygen atoms in total. The maximum absolute atomic E-state index is 13.7. The molecule has 1 amide bonds. The molecule has 4 rings (SSSR count). The van der Waals surface area contributed by atoms with Gasteiger partial charge in [0.1, 0.15) is 18.1 Å². The van der Waals surface area contributed by atoms with Crippen molar-refractivity contribution < 1.29 is 22.7 Å². The Balaban J connectivity index is 1.53. The smallest absolute Gasteiger partial charge is 0.264 e. The van der Waals surface area contributed by atoms with Crippen molar-refractivity contribution in [3.63, 3.8) is 0 Å². The van der Waals surface area contributed by atoms with Crippen LogP contribution in [0.25, 0.3) is 0 Å². The first-order chi connectivity index (χ1) is 17.5. The fourth-order valence-electron chi connectivity index (χ4n) is 4.06. The van der Waals surface area contributed by atoms with Gasteiger partial charge in [0.25, 0.3) is 15.9 Å². The number of amides is 1. The minimum atomic E-state index is -3.92. The van der Waals surface area contributed by atoms with E-state index in [9.17, 15) is 13.2 Å². The quantitative estimate of drug-likeness (QED) is 0.453. The summed E-state index contributed by atoms with van der Waals surface area (Å²) in [5.41, 5.74) is 3.51. The van der Waals surface area contributed by atoms with Gasteiger partial charge in [0.2, 0.25) is 0 Å². The minimum Gasteiger partial charge on any atom is -0.492 e. The maximum atomic E-state index is 13.7. The van der Waals surface area contributed by atoms with E-state index in [1.807, 2.05) is 44.2 Å². The highest BCUT2D eigenvalue weighted by molar-refractivity contribution is 7.92. The second kappa shape index (κ2) is 10.5. The van der Waals surface area contributed by atoms with Crippen LogP contribution in [0.3, 0.4) is 0 Å². The van der Waals surface area contributed by atoms with E-state index in [1.54, 1.807) is 36.4 Å². The third-order valence-electron chi connectivity index (χ3n) is 6.47. The Morgan fingerprint density at radius 2 is 1.76 bits per heavy atom. The van der Waals surface area contributed by atoms with Gasteiger partial charge in [0, 0.05) is 0 Å². The van der Waals surface area contributed by atoms with Gasteiger partial charge in [0.15, 0.2) is 6.10 Å². The molecule has 0 saturated heterocycles. The third-order valence-corrected chi connectivity index (χ3v) is 8.26. The molecule has 3 aromatic carbocycles. The minimum absolute atomic E-state index is 0.137. The van der Waals surface area contributed by atoms with E-state index in [0.29, 0.717) is 11.4 Å². The van der Waals surface area contributed by atoms with Crippen molar-refractivity contribution in [2.75, 3.05) is 24.0 Å². The molecule has 1 unspecified atom stereocenters. The standard InChI is InChI=1S/C29H34N2O5S/c1-20-11-13-23(17-21(20)2)35-16-15-30-28(32)27-19-31(37(33,34)24-9-7-6-8-10-24)25-18-22(29(3,4)5)12-14-26(25)36-27/h6-14,17-18,27H,15-16,19H2,1-5H3,(H,30,32). The average molecular weight is 523 g/mol. The summed E-state index contributed by atoms with van der Waals surface area (Å²) >= 11 is 0. The van der Waals surface area contributed by atoms with E-state index in [2.05, 4.69) is 26.1 Å². The van der Waals surface area contributed by atoms with Gasteiger partial charge in [-0.25, -0.2) is 8.42 Å². The van der Waals surface area contributed by atoms with Crippen LogP contribution in [0.15, 0.2) is 71.6 Å². The van der Waals surface area contributed by atoms with Crippen molar-refractivity contribution >= 4 is 21.6 Å². The number of nitrogens with zero attached hydrogens (tertiary/aromatic N) is 1. The Kier molecular flexibility index (Phi) is 7.50. The molecule has 1 aliphatic heterocycles. The SMILES string of the molecule is Cc1ccc(OCCNC(=O)C2CN(S(=O)(=O)c3ccccc3)c3cc(C(C)(C)C)ccc3O2)cc1C. The van der Waals surface area contributed by atoms with Crippen molar-refractivity contribution in [2.24, 2.45) is 0 Å². The zero-order chi connectivity index (χ0) is 26.8. The Hall–Kier alpha value is -3.52. The molecular formula is C29H34N2O5S. The number of rotatable bonds is 7. The Morgan fingerprint density at radius 3 is 2.43 bits per heavy atom. The second-order valence-corrected chi connectivity index (χ2v) is 12.1. The van der Waals surface area contributed by atoms with Crippen molar-refractivity contribution in [2.45, 2.75) is 51.0 Å². The monoisotopic (exact) mass is 522 g/mol. The van der Waals surface area contributed by atoms with E-state index >= 15 is 0 Å². The van der Waals surface area contributed by atoms with E-state index in [-0.39, 0.29) is 30.0 Å². The highest BCUT2D eigenvalue weighted by atomic mass is 32.2. The number of sulfonamides is 1. The number of ether oxygens (including phenoxy) is 2. The van der Waals surface area contributed by atoms with Gasteiger partial charge in [-0.05, 0) is 72.4 Å². The molecule has 0 bridgehead atoms. The summed E-state index contributed by atoms with van der Waals surface area (Å²) in [5.74, 6) is 0.683. The van der Waals surface area contributed by atoms with Gasteiger partial charge in [-0.2, -0.15) is 0 Å². The molecule has 3 aromatic rings. The maximum Gasteiger partial charge on any atom is 0.264 e. The van der Waals surface area contributed by atoms with Gasteiger partial charge < -0.3 is 14.8 Å². The lowest BCUT2D eigenvalue weighted by Gasteiger charge is -2.36. The molecule has 0 spiro atoms. The fourth-order valence-corrected chi connectivity index (χ4v) is 5.55. The summed E-state index contributed by atoms with van der Waals surface area (Å²) in [6.45, 7) is 10.6. The highest BCUT2D eigenvalue weighted by Gasteiger charge is 2.38. The first kappa shape index (κ1) is 26.5. The van der Waals surface area contributed by atoms with E-state index in [1.165, 1.54) is 9.87 Å². The number of benzene rings is 3. The highest BCUT2D eigenvalue weighted by Crippen LogP contribution is 2.40. The molecular weight excluding hydrogens is 488 g/mol. The normalized spacial score (nSPS) is 15.5. The van der Waals surface area contributed by atoms with Crippen molar-refractivity contribution in [3.8, 4) is 11.5 Å². The lowest BCUT2D eigenvalue weighted by Crippen LogP contribution is -2.51. The van der Waals surface area contributed by atoms with Crippen LogP contribution in [0, 0.1) is 13.8 Å². The van der Waals surface area contributed by atoms with Crippen LogP contribution >= 0.6 is 0 Å². The predicted octanol–water partition coefficient (Wildman–Crippen LogP) is 4.75.